The zero-order valence-corrected chi connectivity index (χ0v) is 11.4. The van der Waals surface area contributed by atoms with Crippen molar-refractivity contribution in [1.82, 2.24) is 4.57 Å². The lowest BCUT2D eigenvalue weighted by atomic mass is 10.1. The van der Waals surface area contributed by atoms with Gasteiger partial charge in [0.2, 0.25) is 0 Å². The van der Waals surface area contributed by atoms with Crippen molar-refractivity contribution in [3.8, 4) is 0 Å². The number of nitrogens with zero attached hydrogens (tertiary/aromatic N) is 1. The third-order valence-electron chi connectivity index (χ3n) is 3.41. The Bertz CT molecular complexity index is 746. The van der Waals surface area contributed by atoms with Crippen molar-refractivity contribution in [2.24, 2.45) is 0 Å². The zero-order chi connectivity index (χ0) is 14.1. The molecule has 4 heteroatoms. The highest BCUT2D eigenvalue weighted by molar-refractivity contribution is 6.31. The van der Waals surface area contributed by atoms with Crippen molar-refractivity contribution < 1.29 is 9.50 Å². The molecular weight excluding hydrogens is 277 g/mol. The number of hydrogen-bond acceptors (Lipinski definition) is 1. The third-order valence-corrected chi connectivity index (χ3v) is 3.76. The van der Waals surface area contributed by atoms with E-state index in [1.54, 1.807) is 12.1 Å². The summed E-state index contributed by atoms with van der Waals surface area (Å²) in [5, 5.41) is 10.6. The monoisotopic (exact) mass is 289 g/mol. The van der Waals surface area contributed by atoms with Crippen molar-refractivity contribution in [2.75, 3.05) is 0 Å². The first kappa shape index (κ1) is 13.2. The molecule has 0 aliphatic carbocycles. The molecule has 0 fully saturated rings. The van der Waals surface area contributed by atoms with Gasteiger partial charge in [0, 0.05) is 22.3 Å². The zero-order valence-electron chi connectivity index (χ0n) is 10.7. The Hall–Kier alpha value is -1.84. The second-order valence-corrected chi connectivity index (χ2v) is 5.10. The summed E-state index contributed by atoms with van der Waals surface area (Å²) in [6.07, 6.45) is 1.90. The molecule has 0 unspecified atom stereocenters. The first-order valence-corrected chi connectivity index (χ1v) is 6.68. The summed E-state index contributed by atoms with van der Waals surface area (Å²) >= 11 is 6.06. The van der Waals surface area contributed by atoms with Gasteiger partial charge in [-0.1, -0.05) is 23.7 Å². The van der Waals surface area contributed by atoms with Crippen LogP contribution in [0.3, 0.4) is 0 Å². The second-order valence-electron chi connectivity index (χ2n) is 4.70. The lowest BCUT2D eigenvalue weighted by Crippen LogP contribution is -2.01. The lowest BCUT2D eigenvalue weighted by Gasteiger charge is -2.09. The van der Waals surface area contributed by atoms with Crippen LogP contribution in [0.4, 0.5) is 4.39 Å². The van der Waals surface area contributed by atoms with E-state index in [1.807, 2.05) is 35.0 Å². The SMILES string of the molecule is OCc1ccc2c(ccn2Cc2c(F)cccc2Cl)c1. The normalized spacial score (nSPS) is 11.2. The van der Waals surface area contributed by atoms with E-state index < -0.39 is 0 Å². The van der Waals surface area contributed by atoms with Crippen LogP contribution in [0.5, 0.6) is 0 Å². The van der Waals surface area contributed by atoms with Crippen LogP contribution >= 0.6 is 11.6 Å². The van der Waals surface area contributed by atoms with Crippen molar-refractivity contribution in [2.45, 2.75) is 13.2 Å². The second kappa shape index (κ2) is 5.27. The molecule has 1 N–H and O–H groups in total. The van der Waals surface area contributed by atoms with E-state index in [0.29, 0.717) is 17.1 Å². The molecule has 0 aliphatic heterocycles. The van der Waals surface area contributed by atoms with Gasteiger partial charge in [0.1, 0.15) is 5.82 Å². The van der Waals surface area contributed by atoms with Gasteiger partial charge in [-0.05, 0) is 41.3 Å². The predicted molar refractivity (Wildman–Crippen MR) is 78.4 cm³/mol. The van der Waals surface area contributed by atoms with E-state index in [4.69, 9.17) is 16.7 Å². The number of hydrogen-bond donors (Lipinski definition) is 1. The van der Waals surface area contributed by atoms with Crippen molar-refractivity contribution in [1.29, 1.82) is 0 Å². The van der Waals surface area contributed by atoms with E-state index in [2.05, 4.69) is 0 Å². The molecule has 3 rings (SSSR count). The van der Waals surface area contributed by atoms with Crippen molar-refractivity contribution in [3.05, 3.63) is 70.6 Å². The predicted octanol–water partition coefficient (Wildman–Crippen LogP) is 3.97. The van der Waals surface area contributed by atoms with Gasteiger partial charge >= 0.3 is 0 Å². The van der Waals surface area contributed by atoms with Gasteiger partial charge in [0.15, 0.2) is 0 Å². The summed E-state index contributed by atoms with van der Waals surface area (Å²) in [7, 11) is 0. The molecule has 0 saturated heterocycles. The molecule has 0 amide bonds. The van der Waals surface area contributed by atoms with E-state index in [0.717, 1.165) is 16.5 Å². The molecule has 1 aromatic heterocycles. The van der Waals surface area contributed by atoms with Crippen LogP contribution in [0, 0.1) is 5.82 Å². The summed E-state index contributed by atoms with van der Waals surface area (Å²) in [4.78, 5) is 0. The lowest BCUT2D eigenvalue weighted by molar-refractivity contribution is 0.282. The molecule has 0 aliphatic rings. The molecule has 1 heterocycles. The van der Waals surface area contributed by atoms with Crippen LogP contribution in [-0.4, -0.2) is 9.67 Å². The number of fused-ring (bicyclic) bond motifs is 1. The van der Waals surface area contributed by atoms with E-state index in [-0.39, 0.29) is 12.4 Å². The van der Waals surface area contributed by atoms with Gasteiger partial charge in [-0.3, -0.25) is 0 Å². The van der Waals surface area contributed by atoms with E-state index in [1.165, 1.54) is 6.07 Å². The summed E-state index contributed by atoms with van der Waals surface area (Å²) in [6.45, 7) is 0.397. The van der Waals surface area contributed by atoms with Gasteiger partial charge in [-0.2, -0.15) is 0 Å². The highest BCUT2D eigenvalue weighted by Crippen LogP contribution is 2.23. The van der Waals surface area contributed by atoms with Crippen LogP contribution in [0.1, 0.15) is 11.1 Å². The molecule has 2 aromatic carbocycles. The molecule has 0 saturated carbocycles. The molecule has 3 aromatic rings. The fourth-order valence-electron chi connectivity index (χ4n) is 2.34. The number of aromatic nitrogens is 1. The molecule has 0 spiro atoms. The average molecular weight is 290 g/mol. The van der Waals surface area contributed by atoms with Gasteiger partial charge in [-0.15, -0.1) is 0 Å². The van der Waals surface area contributed by atoms with Crippen LogP contribution in [0.2, 0.25) is 5.02 Å². The Balaban J connectivity index is 2.03. The minimum Gasteiger partial charge on any atom is -0.392 e. The number of aliphatic hydroxyl groups is 1. The largest absolute Gasteiger partial charge is 0.392 e. The molecule has 2 nitrogen and oxygen atoms in total. The molecule has 20 heavy (non-hydrogen) atoms. The maximum atomic E-state index is 13.8. The maximum Gasteiger partial charge on any atom is 0.129 e. The number of aliphatic hydroxyl groups excluding tert-OH is 1. The smallest absolute Gasteiger partial charge is 0.129 e. The number of halogens is 2. The van der Waals surface area contributed by atoms with Gasteiger partial charge < -0.3 is 9.67 Å². The van der Waals surface area contributed by atoms with Crippen LogP contribution in [0.15, 0.2) is 48.7 Å². The highest BCUT2D eigenvalue weighted by Gasteiger charge is 2.09. The van der Waals surface area contributed by atoms with E-state index >= 15 is 0 Å². The van der Waals surface area contributed by atoms with Crippen LogP contribution < -0.4 is 0 Å². The van der Waals surface area contributed by atoms with Crippen molar-refractivity contribution >= 4 is 22.5 Å². The van der Waals surface area contributed by atoms with Gasteiger partial charge in [0.05, 0.1) is 13.2 Å². The molecule has 102 valence electrons. The quantitative estimate of drug-likeness (QED) is 0.775. The van der Waals surface area contributed by atoms with Crippen LogP contribution in [-0.2, 0) is 13.2 Å². The van der Waals surface area contributed by atoms with Crippen molar-refractivity contribution in [3.63, 3.8) is 0 Å². The summed E-state index contributed by atoms with van der Waals surface area (Å²) in [5.41, 5.74) is 2.33. The third kappa shape index (κ3) is 2.30. The van der Waals surface area contributed by atoms with E-state index in [9.17, 15) is 4.39 Å². The maximum absolute atomic E-state index is 13.8. The fraction of sp³-hybridized carbons (Fsp3) is 0.125. The Kier molecular flexibility index (Phi) is 3.47. The van der Waals surface area contributed by atoms with Gasteiger partial charge in [0.25, 0.3) is 0 Å². The first-order chi connectivity index (χ1) is 9.69. The van der Waals surface area contributed by atoms with Crippen LogP contribution in [0.25, 0.3) is 10.9 Å². The minimum atomic E-state index is -0.300. The average Bonchev–Trinajstić information content (AvgIpc) is 2.85. The number of benzene rings is 2. The number of rotatable bonds is 3. The molecule has 0 atom stereocenters. The Morgan fingerprint density at radius 2 is 2.00 bits per heavy atom. The van der Waals surface area contributed by atoms with Gasteiger partial charge in [-0.25, -0.2) is 4.39 Å². The summed E-state index contributed by atoms with van der Waals surface area (Å²) in [6, 6.07) is 12.4. The minimum absolute atomic E-state index is 0.0141. The Labute approximate surface area is 121 Å². The first-order valence-electron chi connectivity index (χ1n) is 6.30. The Morgan fingerprint density at radius 1 is 1.15 bits per heavy atom. The molecule has 0 radical (unpaired) electrons. The fourth-order valence-corrected chi connectivity index (χ4v) is 2.56. The molecular formula is C16H13ClFNO. The summed E-state index contributed by atoms with van der Waals surface area (Å²) in [5.74, 6) is -0.300. The Morgan fingerprint density at radius 3 is 2.75 bits per heavy atom. The molecule has 0 bridgehead atoms. The standard InChI is InChI=1S/C16H13ClFNO/c17-14-2-1-3-15(18)13(14)9-19-7-6-12-8-11(10-20)4-5-16(12)19/h1-8,20H,9-10H2. The highest BCUT2D eigenvalue weighted by atomic mass is 35.5. The summed E-state index contributed by atoms with van der Waals surface area (Å²) < 4.78 is 15.8. The topological polar surface area (TPSA) is 25.2 Å².